The van der Waals surface area contributed by atoms with Crippen LogP contribution in [0.5, 0.6) is 0 Å². The molecule has 0 unspecified atom stereocenters. The molecule has 3 heteroatoms. The largest absolute Gasteiger partial charge is 0.309 e. The molecular formula is C15H24N2S. The van der Waals surface area contributed by atoms with Gasteiger partial charge in [-0.25, -0.2) is 4.98 Å². The smallest absolute Gasteiger partial charge is 0.0959 e. The lowest BCUT2D eigenvalue weighted by atomic mass is 9.81. The molecule has 100 valence electrons. The first-order valence-corrected chi connectivity index (χ1v) is 8.34. The van der Waals surface area contributed by atoms with Crippen molar-refractivity contribution in [1.82, 2.24) is 10.3 Å². The van der Waals surface area contributed by atoms with Gasteiger partial charge in [-0.2, -0.15) is 0 Å². The third-order valence-corrected chi connectivity index (χ3v) is 5.65. The molecule has 2 saturated carbocycles. The third-order valence-electron chi connectivity index (χ3n) is 4.49. The summed E-state index contributed by atoms with van der Waals surface area (Å²) in [5.74, 6) is 1.74. The maximum Gasteiger partial charge on any atom is 0.0959 e. The van der Waals surface area contributed by atoms with Crippen molar-refractivity contribution in [3.8, 4) is 0 Å². The Kier molecular flexibility index (Phi) is 4.00. The van der Waals surface area contributed by atoms with Gasteiger partial charge in [0.25, 0.3) is 0 Å². The average molecular weight is 264 g/mol. The molecule has 1 heterocycles. The standard InChI is InChI=1S/C15H24N2S/c1-2-11-3-5-12(6-4-11)15-17-10-14(18-15)9-16-13-7-8-13/h10-13,16H,2-9H2,1H3. The summed E-state index contributed by atoms with van der Waals surface area (Å²) in [7, 11) is 0. The molecule has 2 aliphatic carbocycles. The van der Waals surface area contributed by atoms with Crippen LogP contribution in [0.25, 0.3) is 0 Å². The molecule has 1 aromatic heterocycles. The highest BCUT2D eigenvalue weighted by Gasteiger charge is 2.24. The van der Waals surface area contributed by atoms with E-state index in [9.17, 15) is 0 Å². The second kappa shape index (κ2) is 5.70. The molecule has 2 fully saturated rings. The fourth-order valence-corrected chi connectivity index (χ4v) is 3.98. The summed E-state index contributed by atoms with van der Waals surface area (Å²) in [6, 6.07) is 0.801. The zero-order valence-corrected chi connectivity index (χ0v) is 12.1. The van der Waals surface area contributed by atoms with Crippen molar-refractivity contribution >= 4 is 11.3 Å². The van der Waals surface area contributed by atoms with Crippen molar-refractivity contribution in [2.24, 2.45) is 5.92 Å². The van der Waals surface area contributed by atoms with E-state index in [1.165, 1.54) is 54.8 Å². The maximum atomic E-state index is 4.67. The predicted octanol–water partition coefficient (Wildman–Crippen LogP) is 4.08. The van der Waals surface area contributed by atoms with Gasteiger partial charge in [-0.15, -0.1) is 11.3 Å². The summed E-state index contributed by atoms with van der Waals surface area (Å²) < 4.78 is 0. The number of nitrogens with zero attached hydrogens (tertiary/aromatic N) is 1. The second-order valence-electron chi connectivity index (χ2n) is 5.95. The van der Waals surface area contributed by atoms with Crippen molar-refractivity contribution in [1.29, 1.82) is 0 Å². The highest BCUT2D eigenvalue weighted by Crippen LogP contribution is 2.38. The normalized spacial score (nSPS) is 28.5. The average Bonchev–Trinajstić information content (AvgIpc) is 3.14. The van der Waals surface area contributed by atoms with Gasteiger partial charge in [-0.1, -0.05) is 13.3 Å². The number of aromatic nitrogens is 1. The minimum Gasteiger partial charge on any atom is -0.309 e. The van der Waals surface area contributed by atoms with E-state index in [1.807, 2.05) is 11.3 Å². The Labute approximate surface area is 114 Å². The van der Waals surface area contributed by atoms with Crippen molar-refractivity contribution in [2.45, 2.75) is 70.4 Å². The molecular weight excluding hydrogens is 240 g/mol. The SMILES string of the molecule is CCC1CCC(c2ncc(CNC3CC3)s2)CC1. The van der Waals surface area contributed by atoms with Gasteiger partial charge >= 0.3 is 0 Å². The summed E-state index contributed by atoms with van der Waals surface area (Å²) in [4.78, 5) is 6.09. The Bertz CT molecular complexity index is 376. The maximum absolute atomic E-state index is 4.67. The Morgan fingerprint density at radius 1 is 1.22 bits per heavy atom. The summed E-state index contributed by atoms with van der Waals surface area (Å²) in [5.41, 5.74) is 0. The summed E-state index contributed by atoms with van der Waals surface area (Å²) in [6.45, 7) is 3.36. The Balaban J connectivity index is 1.52. The lowest BCUT2D eigenvalue weighted by molar-refractivity contribution is 0.318. The molecule has 0 bridgehead atoms. The van der Waals surface area contributed by atoms with Crippen LogP contribution in [0.3, 0.4) is 0 Å². The van der Waals surface area contributed by atoms with E-state index >= 15 is 0 Å². The van der Waals surface area contributed by atoms with Gasteiger partial charge in [-0.05, 0) is 44.4 Å². The Morgan fingerprint density at radius 3 is 2.67 bits per heavy atom. The molecule has 1 aromatic rings. The van der Waals surface area contributed by atoms with E-state index in [2.05, 4.69) is 23.4 Å². The third kappa shape index (κ3) is 3.12. The summed E-state index contributed by atoms with van der Waals surface area (Å²) in [5, 5.41) is 4.98. The van der Waals surface area contributed by atoms with Crippen LogP contribution in [0.15, 0.2) is 6.20 Å². The monoisotopic (exact) mass is 264 g/mol. The molecule has 0 aliphatic heterocycles. The van der Waals surface area contributed by atoms with Crippen LogP contribution in [-0.2, 0) is 6.54 Å². The van der Waals surface area contributed by atoms with Crippen molar-refractivity contribution < 1.29 is 0 Å². The molecule has 3 rings (SSSR count). The molecule has 0 spiro atoms. The topological polar surface area (TPSA) is 24.9 Å². The first-order chi connectivity index (χ1) is 8.85. The number of hydrogen-bond acceptors (Lipinski definition) is 3. The lowest BCUT2D eigenvalue weighted by Gasteiger charge is -2.26. The van der Waals surface area contributed by atoms with E-state index < -0.39 is 0 Å². The first kappa shape index (κ1) is 12.6. The minimum atomic E-state index is 0.757. The quantitative estimate of drug-likeness (QED) is 0.867. The molecule has 18 heavy (non-hydrogen) atoms. The van der Waals surface area contributed by atoms with E-state index in [1.54, 1.807) is 0 Å². The van der Waals surface area contributed by atoms with Crippen molar-refractivity contribution in [2.75, 3.05) is 0 Å². The number of nitrogens with one attached hydrogen (secondary N) is 1. The Hall–Kier alpha value is -0.410. The van der Waals surface area contributed by atoms with Crippen LogP contribution < -0.4 is 5.32 Å². The van der Waals surface area contributed by atoms with Crippen molar-refractivity contribution in [3.05, 3.63) is 16.1 Å². The van der Waals surface area contributed by atoms with Crippen LogP contribution in [0.1, 0.15) is 67.7 Å². The van der Waals surface area contributed by atoms with Gasteiger partial charge < -0.3 is 5.32 Å². The highest BCUT2D eigenvalue weighted by molar-refractivity contribution is 7.11. The van der Waals surface area contributed by atoms with Crippen LogP contribution >= 0.6 is 11.3 Å². The van der Waals surface area contributed by atoms with Crippen LogP contribution in [0, 0.1) is 5.92 Å². The van der Waals surface area contributed by atoms with Crippen LogP contribution in [0.2, 0.25) is 0 Å². The van der Waals surface area contributed by atoms with E-state index in [-0.39, 0.29) is 0 Å². The zero-order chi connectivity index (χ0) is 12.4. The molecule has 2 aliphatic rings. The van der Waals surface area contributed by atoms with Gasteiger partial charge in [0, 0.05) is 29.6 Å². The number of thiazole rings is 1. The van der Waals surface area contributed by atoms with Gasteiger partial charge in [0.1, 0.15) is 0 Å². The summed E-state index contributed by atoms with van der Waals surface area (Å²) >= 11 is 1.94. The van der Waals surface area contributed by atoms with E-state index in [4.69, 9.17) is 0 Å². The van der Waals surface area contributed by atoms with Gasteiger partial charge in [-0.3, -0.25) is 0 Å². The minimum absolute atomic E-state index is 0.757. The van der Waals surface area contributed by atoms with Crippen LogP contribution in [-0.4, -0.2) is 11.0 Å². The van der Waals surface area contributed by atoms with E-state index in [0.29, 0.717) is 0 Å². The molecule has 0 atom stereocenters. The molecule has 0 saturated heterocycles. The van der Waals surface area contributed by atoms with E-state index in [0.717, 1.165) is 24.4 Å². The molecule has 2 nitrogen and oxygen atoms in total. The van der Waals surface area contributed by atoms with Crippen molar-refractivity contribution in [3.63, 3.8) is 0 Å². The molecule has 0 amide bonds. The molecule has 0 radical (unpaired) electrons. The number of hydrogen-bond donors (Lipinski definition) is 1. The van der Waals surface area contributed by atoms with Crippen LogP contribution in [0.4, 0.5) is 0 Å². The predicted molar refractivity (Wildman–Crippen MR) is 77.0 cm³/mol. The Morgan fingerprint density at radius 2 is 2.00 bits per heavy atom. The van der Waals surface area contributed by atoms with Gasteiger partial charge in [0.2, 0.25) is 0 Å². The van der Waals surface area contributed by atoms with Gasteiger partial charge in [0.15, 0.2) is 0 Å². The summed E-state index contributed by atoms with van der Waals surface area (Å²) in [6.07, 6.45) is 11.7. The van der Waals surface area contributed by atoms with Gasteiger partial charge in [0.05, 0.1) is 5.01 Å². The second-order valence-corrected chi connectivity index (χ2v) is 7.09. The lowest BCUT2D eigenvalue weighted by Crippen LogP contribution is -2.14. The fraction of sp³-hybridized carbons (Fsp3) is 0.800. The molecule has 1 N–H and O–H groups in total. The first-order valence-electron chi connectivity index (χ1n) is 7.53. The number of rotatable bonds is 5. The highest BCUT2D eigenvalue weighted by atomic mass is 32.1. The molecule has 0 aromatic carbocycles. The zero-order valence-electron chi connectivity index (χ0n) is 11.3. The fourth-order valence-electron chi connectivity index (χ4n) is 2.94.